The predicted octanol–water partition coefficient (Wildman–Crippen LogP) is 4.53. The Balaban J connectivity index is 2.28. The summed E-state index contributed by atoms with van der Waals surface area (Å²) >= 11 is 0. The number of carbonyl (C=O) groups excluding carboxylic acids is 1. The van der Waals surface area contributed by atoms with Crippen molar-refractivity contribution in [3.63, 3.8) is 0 Å². The molecule has 0 aliphatic heterocycles. The second-order valence-electron chi connectivity index (χ2n) is 5.76. The van der Waals surface area contributed by atoms with Crippen LogP contribution >= 0.6 is 0 Å². The fourth-order valence-corrected chi connectivity index (χ4v) is 2.59. The fourth-order valence-electron chi connectivity index (χ4n) is 2.59. The standard InChI is InChI=1S/C20H20F3NO3/c1-13(16-11-15(26-2)9-10-18(16)27-3)24-19(25)12-17(20(21,22)23)14-7-5-4-6-8-14/h4-13H,1-3H3,(H,24,25)/b17-12-. The molecule has 0 aromatic heterocycles. The van der Waals surface area contributed by atoms with E-state index < -0.39 is 23.7 Å². The van der Waals surface area contributed by atoms with E-state index in [9.17, 15) is 18.0 Å². The summed E-state index contributed by atoms with van der Waals surface area (Å²) < 4.78 is 50.5. The minimum Gasteiger partial charge on any atom is -0.497 e. The maximum absolute atomic E-state index is 13.4. The van der Waals surface area contributed by atoms with E-state index in [2.05, 4.69) is 5.32 Å². The first-order valence-electron chi connectivity index (χ1n) is 8.13. The van der Waals surface area contributed by atoms with Gasteiger partial charge in [-0.3, -0.25) is 4.79 Å². The quantitative estimate of drug-likeness (QED) is 0.751. The van der Waals surface area contributed by atoms with Crippen molar-refractivity contribution in [2.75, 3.05) is 14.2 Å². The summed E-state index contributed by atoms with van der Waals surface area (Å²) in [4.78, 5) is 12.3. The molecular formula is C20H20F3NO3. The van der Waals surface area contributed by atoms with Gasteiger partial charge in [-0.25, -0.2) is 0 Å². The zero-order valence-corrected chi connectivity index (χ0v) is 15.1. The molecule has 2 aromatic carbocycles. The zero-order valence-electron chi connectivity index (χ0n) is 15.1. The van der Waals surface area contributed by atoms with Gasteiger partial charge in [0, 0.05) is 11.6 Å². The molecule has 0 bridgehead atoms. The van der Waals surface area contributed by atoms with Crippen LogP contribution in [-0.4, -0.2) is 26.3 Å². The summed E-state index contributed by atoms with van der Waals surface area (Å²) in [5.41, 5.74) is -0.496. The molecule has 1 N–H and O–H groups in total. The maximum Gasteiger partial charge on any atom is 0.417 e. The number of ether oxygens (including phenoxy) is 2. The van der Waals surface area contributed by atoms with Crippen molar-refractivity contribution in [2.24, 2.45) is 0 Å². The summed E-state index contributed by atoms with van der Waals surface area (Å²) in [7, 11) is 2.96. The lowest BCUT2D eigenvalue weighted by atomic mass is 10.0. The Morgan fingerprint density at radius 3 is 2.30 bits per heavy atom. The van der Waals surface area contributed by atoms with Gasteiger partial charge in [0.15, 0.2) is 0 Å². The number of alkyl halides is 3. The second-order valence-corrected chi connectivity index (χ2v) is 5.76. The van der Waals surface area contributed by atoms with E-state index in [-0.39, 0.29) is 5.56 Å². The number of hydrogen-bond donors (Lipinski definition) is 1. The summed E-state index contributed by atoms with van der Waals surface area (Å²) in [6.07, 6.45) is -4.09. The highest BCUT2D eigenvalue weighted by molar-refractivity contribution is 5.96. The molecule has 0 radical (unpaired) electrons. The van der Waals surface area contributed by atoms with Gasteiger partial charge in [0.05, 0.1) is 25.8 Å². The third-order valence-corrected chi connectivity index (χ3v) is 3.93. The van der Waals surface area contributed by atoms with Crippen LogP contribution in [0.2, 0.25) is 0 Å². The second kappa shape index (κ2) is 8.62. The molecule has 0 saturated heterocycles. The van der Waals surface area contributed by atoms with Crippen LogP contribution in [0.15, 0.2) is 54.6 Å². The molecule has 1 unspecified atom stereocenters. The molecule has 1 atom stereocenters. The topological polar surface area (TPSA) is 47.6 Å². The summed E-state index contributed by atoms with van der Waals surface area (Å²) in [6.45, 7) is 1.65. The van der Waals surface area contributed by atoms with E-state index in [4.69, 9.17) is 9.47 Å². The average molecular weight is 379 g/mol. The number of methoxy groups -OCH3 is 2. The van der Waals surface area contributed by atoms with Crippen LogP contribution in [0.4, 0.5) is 13.2 Å². The third kappa shape index (κ3) is 5.26. The van der Waals surface area contributed by atoms with Gasteiger partial charge < -0.3 is 14.8 Å². The molecule has 7 heteroatoms. The number of rotatable bonds is 6. The fraction of sp³-hybridized carbons (Fsp3) is 0.250. The maximum atomic E-state index is 13.4. The molecular weight excluding hydrogens is 359 g/mol. The predicted molar refractivity (Wildman–Crippen MR) is 96.6 cm³/mol. The van der Waals surface area contributed by atoms with Crippen LogP contribution in [0.3, 0.4) is 0 Å². The van der Waals surface area contributed by atoms with Gasteiger partial charge in [0.2, 0.25) is 5.91 Å². The third-order valence-electron chi connectivity index (χ3n) is 3.93. The average Bonchev–Trinajstić information content (AvgIpc) is 2.65. The smallest absolute Gasteiger partial charge is 0.417 e. The zero-order chi connectivity index (χ0) is 20.0. The van der Waals surface area contributed by atoms with Gasteiger partial charge in [0.1, 0.15) is 11.5 Å². The first kappa shape index (κ1) is 20.4. The Morgan fingerprint density at radius 2 is 1.74 bits per heavy atom. The first-order chi connectivity index (χ1) is 12.8. The van der Waals surface area contributed by atoms with Crippen molar-refractivity contribution in [1.82, 2.24) is 5.32 Å². The number of hydrogen-bond acceptors (Lipinski definition) is 3. The van der Waals surface area contributed by atoms with Gasteiger partial charge in [-0.05, 0) is 30.7 Å². The van der Waals surface area contributed by atoms with Gasteiger partial charge in [-0.15, -0.1) is 0 Å². The van der Waals surface area contributed by atoms with Crippen molar-refractivity contribution < 1.29 is 27.4 Å². The van der Waals surface area contributed by atoms with E-state index in [1.807, 2.05) is 0 Å². The summed E-state index contributed by atoms with van der Waals surface area (Å²) in [5.74, 6) is 0.179. The monoisotopic (exact) mass is 379 g/mol. The van der Waals surface area contributed by atoms with Gasteiger partial charge in [0.25, 0.3) is 0 Å². The first-order valence-corrected chi connectivity index (χ1v) is 8.13. The van der Waals surface area contributed by atoms with E-state index >= 15 is 0 Å². The molecule has 0 fully saturated rings. The number of halogens is 3. The van der Waals surface area contributed by atoms with Gasteiger partial charge >= 0.3 is 6.18 Å². The Morgan fingerprint density at radius 1 is 1.07 bits per heavy atom. The van der Waals surface area contributed by atoms with Crippen molar-refractivity contribution in [2.45, 2.75) is 19.1 Å². The Kier molecular flexibility index (Phi) is 6.50. The lowest BCUT2D eigenvalue weighted by Crippen LogP contribution is -2.26. The highest BCUT2D eigenvalue weighted by Crippen LogP contribution is 2.34. The molecule has 2 aromatic rings. The van der Waals surface area contributed by atoms with Crippen molar-refractivity contribution in [3.05, 3.63) is 65.7 Å². The van der Waals surface area contributed by atoms with Gasteiger partial charge in [-0.1, -0.05) is 30.3 Å². The molecule has 0 aliphatic carbocycles. The van der Waals surface area contributed by atoms with E-state index in [1.165, 1.54) is 38.5 Å². The van der Waals surface area contributed by atoms with E-state index in [1.54, 1.807) is 31.2 Å². The van der Waals surface area contributed by atoms with Crippen molar-refractivity contribution in [1.29, 1.82) is 0 Å². The van der Waals surface area contributed by atoms with E-state index in [0.717, 1.165) is 0 Å². The molecule has 0 heterocycles. The number of nitrogens with one attached hydrogen (secondary N) is 1. The highest BCUT2D eigenvalue weighted by atomic mass is 19.4. The largest absolute Gasteiger partial charge is 0.497 e. The highest BCUT2D eigenvalue weighted by Gasteiger charge is 2.35. The Hall–Kier alpha value is -2.96. The van der Waals surface area contributed by atoms with Gasteiger partial charge in [-0.2, -0.15) is 13.2 Å². The Bertz CT molecular complexity index is 817. The molecule has 0 aliphatic rings. The van der Waals surface area contributed by atoms with Crippen molar-refractivity contribution >= 4 is 11.5 Å². The molecule has 2 rings (SSSR count). The van der Waals surface area contributed by atoms with Crippen LogP contribution < -0.4 is 14.8 Å². The minimum atomic E-state index is -4.66. The van der Waals surface area contributed by atoms with E-state index in [0.29, 0.717) is 23.1 Å². The van der Waals surface area contributed by atoms with Crippen LogP contribution in [0.25, 0.3) is 5.57 Å². The summed E-state index contributed by atoms with van der Waals surface area (Å²) in [5, 5.41) is 2.54. The van der Waals surface area contributed by atoms with Crippen molar-refractivity contribution in [3.8, 4) is 11.5 Å². The number of allylic oxidation sites excluding steroid dienone is 1. The Labute approximate surface area is 155 Å². The summed E-state index contributed by atoms with van der Waals surface area (Å²) in [6, 6.07) is 11.6. The molecule has 1 amide bonds. The molecule has 144 valence electrons. The molecule has 27 heavy (non-hydrogen) atoms. The lowest BCUT2D eigenvalue weighted by molar-refractivity contribution is -0.117. The number of benzene rings is 2. The minimum absolute atomic E-state index is 0.0771. The van der Waals surface area contributed by atoms with Crippen LogP contribution in [0, 0.1) is 0 Å². The SMILES string of the molecule is COc1ccc(OC)c(C(C)NC(=O)/C=C(/c2ccccc2)C(F)(F)F)c1. The molecule has 4 nitrogen and oxygen atoms in total. The molecule has 0 saturated carbocycles. The van der Waals surface area contributed by atoms with Crippen LogP contribution in [0.1, 0.15) is 24.1 Å². The number of carbonyl (C=O) groups is 1. The van der Waals surface area contributed by atoms with Crippen LogP contribution in [0.5, 0.6) is 11.5 Å². The lowest BCUT2D eigenvalue weighted by Gasteiger charge is -2.18. The van der Waals surface area contributed by atoms with Crippen LogP contribution in [-0.2, 0) is 4.79 Å². The molecule has 0 spiro atoms. The number of amides is 1. The normalized spacial score (nSPS) is 13.0.